The van der Waals surface area contributed by atoms with Gasteiger partial charge in [0.05, 0.1) is 11.7 Å². The molecule has 0 aromatic carbocycles. The lowest BCUT2D eigenvalue weighted by Gasteiger charge is -2.32. The van der Waals surface area contributed by atoms with Crippen LogP contribution >= 0.6 is 22.9 Å². The van der Waals surface area contributed by atoms with Crippen LogP contribution in [0.5, 0.6) is 0 Å². The topological polar surface area (TPSA) is 68.0 Å². The molecule has 1 aliphatic rings. The molecule has 0 bridgehead atoms. The fraction of sp³-hybridized carbons (Fsp3) is 0.421. The van der Waals surface area contributed by atoms with E-state index in [2.05, 4.69) is 15.5 Å². The van der Waals surface area contributed by atoms with Crippen LogP contribution in [0.4, 0.5) is 19.0 Å². The van der Waals surface area contributed by atoms with Crippen molar-refractivity contribution in [3.63, 3.8) is 0 Å². The molecule has 166 valence electrons. The van der Waals surface area contributed by atoms with Gasteiger partial charge in [0.25, 0.3) is 5.91 Å². The average Bonchev–Trinajstić information content (AvgIpc) is 3.40. The third-order valence-electron chi connectivity index (χ3n) is 5.25. The van der Waals surface area contributed by atoms with Crippen LogP contribution in [0.25, 0.3) is 0 Å². The number of aryl methyl sites for hydroxylation is 2. The molecule has 4 rings (SSSR count). The van der Waals surface area contributed by atoms with Crippen molar-refractivity contribution < 1.29 is 18.0 Å². The number of thiophene rings is 1. The van der Waals surface area contributed by atoms with E-state index in [1.807, 2.05) is 6.92 Å². The summed E-state index contributed by atoms with van der Waals surface area (Å²) in [6.07, 6.45) is -3.00. The normalized spacial score (nSPS) is 18.5. The Balaban J connectivity index is 1.67. The monoisotopic (exact) mass is 472 g/mol. The van der Waals surface area contributed by atoms with Crippen LogP contribution in [0.1, 0.15) is 45.1 Å². The number of nitrogens with one attached hydrogen (secondary N) is 1. The van der Waals surface area contributed by atoms with Crippen molar-refractivity contribution in [2.24, 2.45) is 7.05 Å². The standard InChI is InChI=1S/C19H20ClF3N6OS/c1-10-11(9-28(3)25-10)8-27(2)18(30)16-15(20)17-24-12(13-5-4-6-31-13)7-14(19(21,22)23)29(17)26-16/h4-6,9,12,14,24H,7-8H2,1-3H3/t12-,14+/m1/s1. The summed E-state index contributed by atoms with van der Waals surface area (Å²) in [5.74, 6) is -0.562. The highest BCUT2D eigenvalue weighted by atomic mass is 35.5. The van der Waals surface area contributed by atoms with E-state index in [-0.39, 0.29) is 29.5 Å². The molecular weight excluding hydrogens is 453 g/mol. The Hall–Kier alpha value is -2.53. The maximum atomic E-state index is 13.8. The van der Waals surface area contributed by atoms with Gasteiger partial charge in [-0.3, -0.25) is 9.48 Å². The smallest absolute Gasteiger partial charge is 0.361 e. The van der Waals surface area contributed by atoms with E-state index in [9.17, 15) is 18.0 Å². The number of amides is 1. The lowest BCUT2D eigenvalue weighted by molar-refractivity contribution is -0.173. The average molecular weight is 473 g/mol. The van der Waals surface area contributed by atoms with Crippen molar-refractivity contribution in [2.75, 3.05) is 12.4 Å². The number of carbonyl (C=O) groups excluding carboxylic acids is 1. The number of hydrogen-bond acceptors (Lipinski definition) is 5. The van der Waals surface area contributed by atoms with Gasteiger partial charge >= 0.3 is 6.18 Å². The molecule has 3 aromatic heterocycles. The largest absolute Gasteiger partial charge is 0.410 e. The van der Waals surface area contributed by atoms with Crippen molar-refractivity contribution in [2.45, 2.75) is 38.1 Å². The first-order valence-electron chi connectivity index (χ1n) is 9.45. The summed E-state index contributed by atoms with van der Waals surface area (Å²) in [6.45, 7) is 2.05. The molecule has 0 fully saturated rings. The quantitative estimate of drug-likeness (QED) is 0.604. The Morgan fingerprint density at radius 2 is 2.16 bits per heavy atom. The summed E-state index contributed by atoms with van der Waals surface area (Å²) in [6, 6.07) is 1.08. The number of aromatic nitrogens is 4. The van der Waals surface area contributed by atoms with Gasteiger partial charge in [0.2, 0.25) is 0 Å². The van der Waals surface area contributed by atoms with Crippen molar-refractivity contribution in [1.82, 2.24) is 24.5 Å². The molecule has 7 nitrogen and oxygen atoms in total. The molecule has 1 amide bonds. The lowest BCUT2D eigenvalue weighted by atomic mass is 10.0. The van der Waals surface area contributed by atoms with E-state index in [1.165, 1.54) is 16.2 Å². The Morgan fingerprint density at radius 3 is 2.74 bits per heavy atom. The number of nitrogens with zero attached hydrogens (tertiary/aromatic N) is 5. The zero-order chi connectivity index (χ0) is 22.5. The minimum Gasteiger partial charge on any atom is -0.361 e. The minimum absolute atomic E-state index is 0.00273. The second kappa shape index (κ2) is 7.86. The van der Waals surface area contributed by atoms with Gasteiger partial charge in [-0.2, -0.15) is 23.4 Å². The van der Waals surface area contributed by atoms with E-state index >= 15 is 0 Å². The van der Waals surface area contributed by atoms with Crippen molar-refractivity contribution in [1.29, 1.82) is 0 Å². The molecule has 2 atom stereocenters. The maximum absolute atomic E-state index is 13.8. The Kier molecular flexibility index (Phi) is 5.50. The van der Waals surface area contributed by atoms with Crippen LogP contribution in [0, 0.1) is 6.92 Å². The highest BCUT2D eigenvalue weighted by molar-refractivity contribution is 7.10. The third-order valence-corrected chi connectivity index (χ3v) is 6.60. The molecule has 0 radical (unpaired) electrons. The minimum atomic E-state index is -4.54. The Labute approximate surface area is 185 Å². The molecule has 1 aliphatic heterocycles. The molecule has 0 saturated carbocycles. The number of alkyl halides is 3. The first kappa shape index (κ1) is 21.7. The van der Waals surface area contributed by atoms with Gasteiger partial charge in [-0.15, -0.1) is 11.3 Å². The number of fused-ring (bicyclic) bond motifs is 1. The fourth-order valence-corrected chi connectivity index (χ4v) is 4.76. The molecular formula is C19H20ClF3N6OS. The fourth-order valence-electron chi connectivity index (χ4n) is 3.71. The molecule has 31 heavy (non-hydrogen) atoms. The maximum Gasteiger partial charge on any atom is 0.410 e. The zero-order valence-corrected chi connectivity index (χ0v) is 18.5. The third kappa shape index (κ3) is 4.03. The summed E-state index contributed by atoms with van der Waals surface area (Å²) < 4.78 is 43.9. The van der Waals surface area contributed by atoms with Gasteiger partial charge in [-0.05, 0) is 18.4 Å². The molecule has 4 heterocycles. The van der Waals surface area contributed by atoms with Gasteiger partial charge in [0.1, 0.15) is 10.8 Å². The van der Waals surface area contributed by atoms with Crippen molar-refractivity contribution in [3.05, 3.63) is 50.6 Å². The first-order valence-corrected chi connectivity index (χ1v) is 10.7. The van der Waals surface area contributed by atoms with E-state index < -0.39 is 24.2 Å². The van der Waals surface area contributed by atoms with Crippen LogP contribution in [-0.2, 0) is 13.6 Å². The summed E-state index contributed by atoms with van der Waals surface area (Å²) in [5.41, 5.74) is 1.37. The Morgan fingerprint density at radius 1 is 1.42 bits per heavy atom. The van der Waals surface area contributed by atoms with Crippen LogP contribution in [0.2, 0.25) is 5.02 Å². The van der Waals surface area contributed by atoms with Gasteiger partial charge in [-0.25, -0.2) is 4.68 Å². The Bertz CT molecular complexity index is 1110. The molecule has 0 unspecified atom stereocenters. The predicted molar refractivity (Wildman–Crippen MR) is 111 cm³/mol. The summed E-state index contributed by atoms with van der Waals surface area (Å²) in [7, 11) is 3.32. The van der Waals surface area contributed by atoms with Crippen LogP contribution < -0.4 is 5.32 Å². The van der Waals surface area contributed by atoms with Gasteiger partial charge in [0, 0.05) is 43.7 Å². The van der Waals surface area contributed by atoms with Crippen LogP contribution in [0.15, 0.2) is 23.7 Å². The second-order valence-electron chi connectivity index (χ2n) is 7.54. The number of carbonyl (C=O) groups is 1. The van der Waals surface area contributed by atoms with Gasteiger partial charge in [-0.1, -0.05) is 17.7 Å². The molecule has 1 N–H and O–H groups in total. The highest BCUT2D eigenvalue weighted by Crippen LogP contribution is 2.46. The van der Waals surface area contributed by atoms with E-state index in [1.54, 1.807) is 42.5 Å². The van der Waals surface area contributed by atoms with Crippen molar-refractivity contribution in [3.8, 4) is 0 Å². The van der Waals surface area contributed by atoms with Crippen molar-refractivity contribution >= 4 is 34.7 Å². The highest BCUT2D eigenvalue weighted by Gasteiger charge is 2.48. The SMILES string of the molecule is Cc1nn(C)cc1CN(C)C(=O)c1nn2c(c1Cl)N[C@@H](c1cccs1)C[C@H]2C(F)(F)F. The summed E-state index contributed by atoms with van der Waals surface area (Å²) >= 11 is 7.75. The zero-order valence-electron chi connectivity index (χ0n) is 16.9. The first-order chi connectivity index (χ1) is 14.6. The number of anilines is 1. The van der Waals surface area contributed by atoms with Gasteiger partial charge < -0.3 is 10.2 Å². The van der Waals surface area contributed by atoms with E-state index in [4.69, 9.17) is 11.6 Å². The summed E-state index contributed by atoms with van der Waals surface area (Å²) in [4.78, 5) is 15.1. The van der Waals surface area contributed by atoms with Gasteiger partial charge in [0.15, 0.2) is 11.7 Å². The van der Waals surface area contributed by atoms with E-state index in [0.717, 1.165) is 20.8 Å². The number of halogens is 4. The number of hydrogen-bond donors (Lipinski definition) is 1. The van der Waals surface area contributed by atoms with Crippen LogP contribution in [-0.4, -0.2) is 43.6 Å². The molecule has 3 aromatic rings. The predicted octanol–water partition coefficient (Wildman–Crippen LogP) is 4.57. The summed E-state index contributed by atoms with van der Waals surface area (Å²) in [5, 5.41) is 13.0. The molecule has 0 aliphatic carbocycles. The molecule has 12 heteroatoms. The lowest BCUT2D eigenvalue weighted by Crippen LogP contribution is -2.35. The van der Waals surface area contributed by atoms with Crippen LogP contribution in [0.3, 0.4) is 0 Å². The molecule has 0 saturated heterocycles. The molecule has 0 spiro atoms. The number of rotatable bonds is 4. The van der Waals surface area contributed by atoms with E-state index in [0.29, 0.717) is 0 Å². The second-order valence-corrected chi connectivity index (χ2v) is 8.89.